The molecule has 0 bridgehead atoms. The van der Waals surface area contributed by atoms with E-state index in [-0.39, 0.29) is 18.7 Å². The normalized spacial score (nSPS) is 11.2. The minimum Gasteiger partial charge on any atom is -0.449 e. The van der Waals surface area contributed by atoms with Crippen molar-refractivity contribution in [1.82, 2.24) is 9.13 Å². The van der Waals surface area contributed by atoms with Crippen LogP contribution in [0, 0.1) is 0 Å². The first-order valence-electron chi connectivity index (χ1n) is 10.3. The summed E-state index contributed by atoms with van der Waals surface area (Å²) in [6, 6.07) is 22.9. The lowest BCUT2D eigenvalue weighted by Gasteiger charge is -2.12. The first-order valence-corrected chi connectivity index (χ1v) is 10.6. The summed E-state index contributed by atoms with van der Waals surface area (Å²) >= 11 is 5.90. The van der Waals surface area contributed by atoms with Crippen molar-refractivity contribution in [3.05, 3.63) is 110 Å². The molecule has 1 amide bonds. The predicted molar refractivity (Wildman–Crippen MR) is 128 cm³/mol. The fourth-order valence-corrected chi connectivity index (χ4v) is 3.95. The number of benzene rings is 3. The summed E-state index contributed by atoms with van der Waals surface area (Å²) in [6.07, 6.45) is 0. The average Bonchev–Trinajstić information content (AvgIpc) is 3.21. The van der Waals surface area contributed by atoms with E-state index < -0.39 is 17.2 Å². The number of anilines is 1. The molecule has 0 unspecified atom stereocenters. The summed E-state index contributed by atoms with van der Waals surface area (Å²) in [4.78, 5) is 39.5. The van der Waals surface area contributed by atoms with Crippen LogP contribution in [0.2, 0.25) is 5.02 Å². The van der Waals surface area contributed by atoms with Gasteiger partial charge in [0.05, 0.1) is 6.54 Å². The molecule has 2 heterocycles. The topological polar surface area (TPSA) is 86.2 Å². The first kappa shape index (κ1) is 20.8. The number of rotatable bonds is 5. The Hall–Kier alpha value is -4.10. The molecule has 33 heavy (non-hydrogen) atoms. The van der Waals surface area contributed by atoms with Gasteiger partial charge in [0.2, 0.25) is 11.5 Å². The highest BCUT2D eigenvalue weighted by molar-refractivity contribution is 6.30. The lowest BCUT2D eigenvalue weighted by atomic mass is 10.2. The largest absolute Gasteiger partial charge is 0.449 e. The van der Waals surface area contributed by atoms with Gasteiger partial charge in [-0.1, -0.05) is 54.1 Å². The number of hydrogen-bond donors (Lipinski definition) is 1. The quantitative estimate of drug-likeness (QED) is 0.425. The van der Waals surface area contributed by atoms with E-state index >= 15 is 0 Å². The van der Waals surface area contributed by atoms with Crippen LogP contribution in [0.5, 0.6) is 0 Å². The minimum absolute atomic E-state index is 0.0334. The van der Waals surface area contributed by atoms with E-state index in [9.17, 15) is 14.4 Å². The Morgan fingerprint density at radius 1 is 0.879 bits per heavy atom. The molecule has 7 nitrogen and oxygen atoms in total. The molecule has 0 aliphatic heterocycles. The number of aromatic nitrogens is 2. The Kier molecular flexibility index (Phi) is 5.32. The van der Waals surface area contributed by atoms with Crippen molar-refractivity contribution in [2.45, 2.75) is 13.1 Å². The summed E-state index contributed by atoms with van der Waals surface area (Å²) in [5.41, 5.74) is 1.00. The molecule has 5 aromatic rings. The number of carbonyl (C=O) groups is 1. The van der Waals surface area contributed by atoms with Crippen LogP contribution in [0.3, 0.4) is 0 Å². The molecule has 0 radical (unpaired) electrons. The molecule has 0 spiro atoms. The summed E-state index contributed by atoms with van der Waals surface area (Å²) < 4.78 is 8.21. The number of nitrogens with one attached hydrogen (secondary N) is 1. The highest BCUT2D eigenvalue weighted by Gasteiger charge is 2.21. The standard InChI is InChI=1S/C25H18ClN3O4/c26-17-10-12-18(13-11-17)27-21(30)15-28-22-19-8-4-5-9-20(19)33-23(22)24(31)29(25(28)32)14-16-6-2-1-3-7-16/h1-13H,14-15H2,(H,27,30). The van der Waals surface area contributed by atoms with Crippen LogP contribution in [0.25, 0.3) is 22.1 Å². The van der Waals surface area contributed by atoms with Crippen molar-refractivity contribution in [1.29, 1.82) is 0 Å². The van der Waals surface area contributed by atoms with E-state index in [2.05, 4.69) is 5.32 Å². The predicted octanol–water partition coefficient (Wildman–Crippen LogP) is 4.25. The van der Waals surface area contributed by atoms with Crippen molar-refractivity contribution in [2.24, 2.45) is 0 Å². The fourth-order valence-electron chi connectivity index (χ4n) is 3.83. The SMILES string of the molecule is O=C(Cn1c(=O)n(Cc2ccccc2)c(=O)c2oc3ccccc3c21)Nc1ccc(Cl)cc1. The van der Waals surface area contributed by atoms with Gasteiger partial charge in [0.1, 0.15) is 17.6 Å². The number of furan rings is 1. The number of para-hydroxylation sites is 1. The van der Waals surface area contributed by atoms with Crippen molar-refractivity contribution in [3.63, 3.8) is 0 Å². The van der Waals surface area contributed by atoms with Gasteiger partial charge in [-0.25, -0.2) is 4.79 Å². The average molecular weight is 460 g/mol. The van der Waals surface area contributed by atoms with E-state index in [0.29, 0.717) is 27.2 Å². The Morgan fingerprint density at radius 2 is 1.58 bits per heavy atom. The van der Waals surface area contributed by atoms with E-state index in [1.165, 1.54) is 4.57 Å². The van der Waals surface area contributed by atoms with Crippen LogP contribution >= 0.6 is 11.6 Å². The minimum atomic E-state index is -0.589. The van der Waals surface area contributed by atoms with Crippen molar-refractivity contribution >= 4 is 45.3 Å². The molecular formula is C25H18ClN3O4. The van der Waals surface area contributed by atoms with Crippen LogP contribution < -0.4 is 16.6 Å². The molecule has 3 aromatic carbocycles. The highest BCUT2D eigenvalue weighted by Crippen LogP contribution is 2.25. The molecular weight excluding hydrogens is 442 g/mol. The monoisotopic (exact) mass is 459 g/mol. The van der Waals surface area contributed by atoms with Gasteiger partial charge in [0, 0.05) is 16.1 Å². The zero-order chi connectivity index (χ0) is 22.9. The number of carbonyl (C=O) groups excluding carboxylic acids is 1. The maximum atomic E-state index is 13.5. The van der Waals surface area contributed by atoms with Crippen LogP contribution in [0.4, 0.5) is 5.69 Å². The molecule has 5 rings (SSSR count). The van der Waals surface area contributed by atoms with Gasteiger partial charge in [-0.2, -0.15) is 0 Å². The van der Waals surface area contributed by atoms with Gasteiger partial charge in [-0.3, -0.25) is 18.7 Å². The maximum Gasteiger partial charge on any atom is 0.332 e. The molecule has 1 N–H and O–H groups in total. The van der Waals surface area contributed by atoms with Gasteiger partial charge in [0.15, 0.2) is 0 Å². The number of halogens is 1. The fraction of sp³-hybridized carbons (Fsp3) is 0.0800. The number of nitrogens with zero attached hydrogens (tertiary/aromatic N) is 2. The Morgan fingerprint density at radius 3 is 2.33 bits per heavy atom. The second kappa shape index (κ2) is 8.44. The maximum absolute atomic E-state index is 13.5. The Labute approximate surface area is 192 Å². The van der Waals surface area contributed by atoms with E-state index in [1.54, 1.807) is 48.5 Å². The smallest absolute Gasteiger partial charge is 0.332 e. The summed E-state index contributed by atoms with van der Waals surface area (Å²) in [5.74, 6) is -0.420. The lowest BCUT2D eigenvalue weighted by molar-refractivity contribution is -0.116. The Bertz CT molecular complexity index is 1600. The molecule has 164 valence electrons. The molecule has 2 aromatic heterocycles. The number of amides is 1. The molecule has 0 saturated carbocycles. The lowest BCUT2D eigenvalue weighted by Crippen LogP contribution is -2.41. The zero-order valence-electron chi connectivity index (χ0n) is 17.3. The molecule has 8 heteroatoms. The second-order valence-corrected chi connectivity index (χ2v) is 8.01. The third-order valence-corrected chi connectivity index (χ3v) is 5.61. The van der Waals surface area contributed by atoms with Crippen LogP contribution in [-0.4, -0.2) is 15.0 Å². The zero-order valence-corrected chi connectivity index (χ0v) is 18.1. The van der Waals surface area contributed by atoms with Crippen molar-refractivity contribution in [3.8, 4) is 0 Å². The van der Waals surface area contributed by atoms with Crippen LogP contribution in [-0.2, 0) is 17.9 Å². The van der Waals surface area contributed by atoms with E-state index in [0.717, 1.165) is 10.1 Å². The van der Waals surface area contributed by atoms with Crippen LogP contribution in [0.15, 0.2) is 92.9 Å². The summed E-state index contributed by atoms with van der Waals surface area (Å²) in [7, 11) is 0. The van der Waals surface area contributed by atoms with Gasteiger partial charge in [0.25, 0.3) is 5.56 Å². The summed E-state index contributed by atoms with van der Waals surface area (Å²) in [5, 5.41) is 3.89. The highest BCUT2D eigenvalue weighted by atomic mass is 35.5. The molecule has 0 aliphatic rings. The number of hydrogen-bond acceptors (Lipinski definition) is 4. The van der Waals surface area contributed by atoms with Gasteiger partial charge >= 0.3 is 5.69 Å². The first-order chi connectivity index (χ1) is 16.0. The third kappa shape index (κ3) is 3.94. The van der Waals surface area contributed by atoms with Gasteiger partial charge in [-0.05, 0) is 42.0 Å². The van der Waals surface area contributed by atoms with Gasteiger partial charge < -0.3 is 9.73 Å². The van der Waals surface area contributed by atoms with Crippen LogP contribution in [0.1, 0.15) is 5.56 Å². The second-order valence-electron chi connectivity index (χ2n) is 7.58. The molecule has 0 saturated heterocycles. The van der Waals surface area contributed by atoms with Crippen molar-refractivity contribution < 1.29 is 9.21 Å². The number of fused-ring (bicyclic) bond motifs is 3. The van der Waals surface area contributed by atoms with Crippen molar-refractivity contribution in [2.75, 3.05) is 5.32 Å². The Balaban J connectivity index is 1.65. The van der Waals surface area contributed by atoms with Gasteiger partial charge in [-0.15, -0.1) is 0 Å². The third-order valence-electron chi connectivity index (χ3n) is 5.35. The molecule has 0 atom stereocenters. The van der Waals surface area contributed by atoms with E-state index in [4.69, 9.17) is 16.0 Å². The molecule has 0 aliphatic carbocycles. The van der Waals surface area contributed by atoms with E-state index in [1.807, 2.05) is 30.3 Å². The summed E-state index contributed by atoms with van der Waals surface area (Å²) in [6.45, 7) is -0.235. The molecule has 0 fully saturated rings.